The third-order valence-corrected chi connectivity index (χ3v) is 6.85. The second-order valence-electron chi connectivity index (χ2n) is 9.16. The number of nitrogens with two attached hydrogens (primary N) is 1. The molecule has 2 aromatic carbocycles. The van der Waals surface area contributed by atoms with Gasteiger partial charge in [-0.15, -0.1) is 6.58 Å². The number of likely N-dealkylation sites (tertiary alicyclic amines) is 1. The average Bonchev–Trinajstić information content (AvgIpc) is 3.44. The number of primary amides is 1. The van der Waals surface area contributed by atoms with Crippen molar-refractivity contribution in [1.29, 1.82) is 0 Å². The Hall–Kier alpha value is -4.18. The fraction of sp³-hybridized carbons (Fsp3) is 0.333. The number of nitrogens with zero attached hydrogens (tertiary/aromatic N) is 2. The lowest BCUT2D eigenvalue weighted by atomic mass is 9.79. The summed E-state index contributed by atoms with van der Waals surface area (Å²) in [6.07, 6.45) is 0.823. The maximum Gasteiger partial charge on any atom is 0.410 e. The van der Waals surface area contributed by atoms with E-state index in [4.69, 9.17) is 15.2 Å². The zero-order chi connectivity index (χ0) is 26.6. The number of ether oxygens (including phenoxy) is 2. The van der Waals surface area contributed by atoms with E-state index in [1.807, 2.05) is 30.3 Å². The summed E-state index contributed by atoms with van der Waals surface area (Å²) < 4.78 is 10.9. The average molecular weight is 507 g/mol. The van der Waals surface area contributed by atoms with Crippen LogP contribution >= 0.6 is 0 Å². The van der Waals surface area contributed by atoms with Crippen molar-refractivity contribution in [3.8, 4) is 0 Å². The van der Waals surface area contributed by atoms with Crippen LogP contribution < -0.4 is 11.1 Å². The van der Waals surface area contributed by atoms with Crippen LogP contribution in [-0.4, -0.2) is 72.5 Å². The molecule has 0 bridgehead atoms. The highest BCUT2D eigenvalue weighted by Crippen LogP contribution is 2.46. The van der Waals surface area contributed by atoms with Crippen molar-refractivity contribution in [3.05, 3.63) is 78.4 Å². The van der Waals surface area contributed by atoms with Crippen LogP contribution in [0, 0.1) is 0 Å². The molecule has 0 saturated carbocycles. The molecule has 2 aliphatic rings. The maximum atomic E-state index is 13.9. The SMILES string of the molecule is C=CCOC[C@@H](C(=O)N1C[C@]2(C[C@H]1C(N)=O)C(=O)Nc1ccccc12)N(C)C(=O)OCc1ccccc1. The summed E-state index contributed by atoms with van der Waals surface area (Å²) in [5, 5.41) is 2.84. The largest absolute Gasteiger partial charge is 0.445 e. The van der Waals surface area contributed by atoms with Gasteiger partial charge in [-0.2, -0.15) is 0 Å². The number of carbonyl (C=O) groups excluding carboxylic acids is 4. The maximum absolute atomic E-state index is 13.9. The molecule has 1 saturated heterocycles. The summed E-state index contributed by atoms with van der Waals surface area (Å²) in [6, 6.07) is 14.1. The number of likely N-dealkylation sites (N-methyl/N-ethyl adjacent to an activating group) is 1. The highest BCUT2D eigenvalue weighted by atomic mass is 16.6. The molecule has 0 radical (unpaired) electrons. The minimum atomic E-state index is -1.13. The van der Waals surface area contributed by atoms with Gasteiger partial charge in [-0.25, -0.2) is 4.79 Å². The molecular weight excluding hydrogens is 476 g/mol. The highest BCUT2D eigenvalue weighted by Gasteiger charge is 2.57. The number of anilines is 1. The molecule has 10 heteroatoms. The van der Waals surface area contributed by atoms with Crippen molar-refractivity contribution in [2.45, 2.75) is 30.5 Å². The number of hydrogen-bond donors (Lipinski definition) is 2. The van der Waals surface area contributed by atoms with E-state index < -0.39 is 35.4 Å². The number of carbonyl (C=O) groups is 4. The zero-order valence-corrected chi connectivity index (χ0v) is 20.6. The van der Waals surface area contributed by atoms with E-state index in [1.54, 1.807) is 24.3 Å². The summed E-state index contributed by atoms with van der Waals surface area (Å²) >= 11 is 0. The number of amides is 4. The Morgan fingerprint density at radius 3 is 2.62 bits per heavy atom. The molecule has 0 aliphatic carbocycles. The molecule has 2 aliphatic heterocycles. The lowest BCUT2D eigenvalue weighted by molar-refractivity contribution is -0.143. The van der Waals surface area contributed by atoms with Crippen molar-refractivity contribution in [2.75, 3.05) is 32.1 Å². The van der Waals surface area contributed by atoms with E-state index in [2.05, 4.69) is 11.9 Å². The molecular formula is C27H30N4O6. The minimum Gasteiger partial charge on any atom is -0.445 e. The Kier molecular flexibility index (Phi) is 7.58. The third-order valence-electron chi connectivity index (χ3n) is 6.85. The van der Waals surface area contributed by atoms with Crippen molar-refractivity contribution >= 4 is 29.5 Å². The van der Waals surface area contributed by atoms with E-state index >= 15 is 0 Å². The van der Waals surface area contributed by atoms with Crippen LogP contribution in [0.5, 0.6) is 0 Å². The minimum absolute atomic E-state index is 0.0200. The third kappa shape index (κ3) is 5.05. The van der Waals surface area contributed by atoms with Crippen LogP contribution in [0.3, 0.4) is 0 Å². The van der Waals surface area contributed by atoms with Gasteiger partial charge in [0.15, 0.2) is 0 Å². The van der Waals surface area contributed by atoms with Crippen LogP contribution in [0.4, 0.5) is 10.5 Å². The topological polar surface area (TPSA) is 131 Å². The summed E-state index contributed by atoms with van der Waals surface area (Å²) in [5.74, 6) is -1.60. The summed E-state index contributed by atoms with van der Waals surface area (Å²) in [4.78, 5) is 54.8. The Morgan fingerprint density at radius 1 is 1.22 bits per heavy atom. The molecule has 0 unspecified atom stereocenters. The molecule has 194 valence electrons. The van der Waals surface area contributed by atoms with Gasteiger partial charge < -0.3 is 25.4 Å². The van der Waals surface area contributed by atoms with E-state index in [0.717, 1.165) is 10.5 Å². The predicted molar refractivity (Wildman–Crippen MR) is 135 cm³/mol. The van der Waals surface area contributed by atoms with Crippen LogP contribution in [0.15, 0.2) is 67.3 Å². The Balaban J connectivity index is 1.58. The van der Waals surface area contributed by atoms with Gasteiger partial charge in [0.05, 0.1) is 18.6 Å². The number of rotatable bonds is 9. The lowest BCUT2D eigenvalue weighted by Gasteiger charge is -2.32. The molecule has 2 aromatic rings. The van der Waals surface area contributed by atoms with Crippen molar-refractivity contribution in [3.63, 3.8) is 0 Å². The fourth-order valence-corrected chi connectivity index (χ4v) is 4.88. The van der Waals surface area contributed by atoms with Crippen LogP contribution in [0.2, 0.25) is 0 Å². The molecule has 3 atom stereocenters. The van der Waals surface area contributed by atoms with Gasteiger partial charge in [0, 0.05) is 19.3 Å². The number of para-hydroxylation sites is 1. The molecule has 0 aromatic heterocycles. The molecule has 1 spiro atoms. The number of hydrogen-bond acceptors (Lipinski definition) is 6. The van der Waals surface area contributed by atoms with E-state index in [1.165, 1.54) is 18.0 Å². The second-order valence-corrected chi connectivity index (χ2v) is 9.16. The molecule has 2 heterocycles. The van der Waals surface area contributed by atoms with Gasteiger partial charge in [0.1, 0.15) is 18.7 Å². The summed E-state index contributed by atoms with van der Waals surface area (Å²) in [6.45, 7) is 3.54. The smallest absolute Gasteiger partial charge is 0.410 e. The van der Waals surface area contributed by atoms with E-state index in [0.29, 0.717) is 11.3 Å². The van der Waals surface area contributed by atoms with E-state index in [-0.39, 0.29) is 38.7 Å². The van der Waals surface area contributed by atoms with Gasteiger partial charge in [-0.3, -0.25) is 19.3 Å². The highest BCUT2D eigenvalue weighted by molar-refractivity contribution is 6.08. The second kappa shape index (κ2) is 10.8. The molecule has 3 N–H and O–H groups in total. The fourth-order valence-electron chi connectivity index (χ4n) is 4.88. The van der Waals surface area contributed by atoms with Crippen LogP contribution in [-0.2, 0) is 35.9 Å². The number of nitrogens with one attached hydrogen (secondary N) is 1. The van der Waals surface area contributed by atoms with Gasteiger partial charge in [-0.05, 0) is 23.6 Å². The quantitative estimate of drug-likeness (QED) is 0.394. The first kappa shape index (κ1) is 25.9. The Labute approximate surface area is 215 Å². The molecule has 10 nitrogen and oxygen atoms in total. The van der Waals surface area contributed by atoms with Crippen molar-refractivity contribution in [1.82, 2.24) is 9.80 Å². The first-order chi connectivity index (χ1) is 17.8. The molecule has 4 amide bonds. The first-order valence-electron chi connectivity index (χ1n) is 11.9. The Morgan fingerprint density at radius 2 is 1.92 bits per heavy atom. The summed E-state index contributed by atoms with van der Waals surface area (Å²) in [7, 11) is 1.43. The first-order valence-corrected chi connectivity index (χ1v) is 11.9. The molecule has 1 fully saturated rings. The summed E-state index contributed by atoms with van der Waals surface area (Å²) in [5.41, 5.74) is 6.71. The molecule has 37 heavy (non-hydrogen) atoms. The number of fused-ring (bicyclic) bond motifs is 2. The normalized spacial score (nSPS) is 20.7. The lowest BCUT2D eigenvalue weighted by Crippen LogP contribution is -2.55. The van der Waals surface area contributed by atoms with Gasteiger partial charge in [0.2, 0.25) is 17.7 Å². The van der Waals surface area contributed by atoms with Crippen molar-refractivity contribution in [2.24, 2.45) is 5.73 Å². The molecule has 4 rings (SSSR count). The zero-order valence-electron chi connectivity index (χ0n) is 20.6. The number of benzene rings is 2. The van der Waals surface area contributed by atoms with Crippen LogP contribution in [0.1, 0.15) is 17.5 Å². The standard InChI is InChI=1S/C27H30N4O6/c1-3-13-36-16-22(30(2)26(35)37-15-18-9-5-4-6-10-18)24(33)31-17-27(14-21(31)23(28)32)19-11-7-8-12-20(19)29-25(27)34/h3-12,21-22H,1,13-17H2,2H3,(H2,28,32)(H,29,34)/t21-,22-,27-/m0/s1. The van der Waals surface area contributed by atoms with Gasteiger partial charge in [0.25, 0.3) is 0 Å². The van der Waals surface area contributed by atoms with Crippen molar-refractivity contribution < 1.29 is 28.7 Å². The monoisotopic (exact) mass is 506 g/mol. The van der Waals surface area contributed by atoms with Gasteiger partial charge >= 0.3 is 6.09 Å². The van der Waals surface area contributed by atoms with Gasteiger partial charge in [-0.1, -0.05) is 54.6 Å². The van der Waals surface area contributed by atoms with Crippen LogP contribution in [0.25, 0.3) is 0 Å². The van der Waals surface area contributed by atoms with E-state index in [9.17, 15) is 19.2 Å². The Bertz CT molecular complexity index is 1200. The predicted octanol–water partition coefficient (Wildman–Crippen LogP) is 1.80.